The Labute approximate surface area is 114 Å². The molecule has 0 aliphatic heterocycles. The van der Waals surface area contributed by atoms with Crippen LogP contribution in [0.25, 0.3) is 0 Å². The Morgan fingerprint density at radius 1 is 0.944 bits per heavy atom. The zero-order valence-corrected chi connectivity index (χ0v) is 10.8. The van der Waals surface area contributed by atoms with E-state index in [0.29, 0.717) is 16.1 Å². The van der Waals surface area contributed by atoms with Crippen LogP contribution in [-0.2, 0) is 0 Å². The van der Waals surface area contributed by atoms with Crippen molar-refractivity contribution in [1.29, 1.82) is 10.5 Å². The van der Waals surface area contributed by atoms with Gasteiger partial charge in [-0.3, -0.25) is 0 Å². The van der Waals surface area contributed by atoms with Crippen LogP contribution in [0, 0.1) is 22.7 Å². The highest BCUT2D eigenvalue weighted by Gasteiger charge is 2.06. The van der Waals surface area contributed by atoms with Gasteiger partial charge in [0.2, 0.25) is 0 Å². The molecule has 0 aliphatic carbocycles. The van der Waals surface area contributed by atoms with Gasteiger partial charge in [-0.25, -0.2) is 0 Å². The molecule has 2 aromatic carbocycles. The molecule has 0 N–H and O–H groups in total. The Balaban J connectivity index is 2.35. The van der Waals surface area contributed by atoms with Crippen molar-refractivity contribution in [2.75, 3.05) is 0 Å². The van der Waals surface area contributed by atoms with Crippen LogP contribution >= 0.6 is 23.4 Å². The summed E-state index contributed by atoms with van der Waals surface area (Å²) in [5, 5.41) is 18.5. The summed E-state index contributed by atoms with van der Waals surface area (Å²) < 4.78 is 0. The van der Waals surface area contributed by atoms with Crippen LogP contribution in [0.15, 0.2) is 52.3 Å². The maximum absolute atomic E-state index is 8.96. The summed E-state index contributed by atoms with van der Waals surface area (Å²) in [6.45, 7) is 0. The first kappa shape index (κ1) is 12.5. The van der Waals surface area contributed by atoms with Gasteiger partial charge in [0.25, 0.3) is 0 Å². The molecule has 0 saturated carbocycles. The van der Waals surface area contributed by atoms with Crippen LogP contribution in [0.5, 0.6) is 0 Å². The number of nitriles is 2. The Morgan fingerprint density at radius 2 is 1.67 bits per heavy atom. The summed E-state index contributed by atoms with van der Waals surface area (Å²) in [6, 6.07) is 16.7. The van der Waals surface area contributed by atoms with E-state index in [4.69, 9.17) is 22.1 Å². The Kier molecular flexibility index (Phi) is 3.89. The second-order valence-electron chi connectivity index (χ2n) is 3.46. The Morgan fingerprint density at radius 3 is 2.33 bits per heavy atom. The normalized spacial score (nSPS) is 9.50. The molecule has 4 heteroatoms. The van der Waals surface area contributed by atoms with Crippen LogP contribution < -0.4 is 0 Å². The molecule has 0 atom stereocenters. The van der Waals surface area contributed by atoms with Crippen LogP contribution in [-0.4, -0.2) is 0 Å². The van der Waals surface area contributed by atoms with E-state index >= 15 is 0 Å². The molecular weight excluding hydrogens is 264 g/mol. The summed E-state index contributed by atoms with van der Waals surface area (Å²) in [4.78, 5) is 1.81. The van der Waals surface area contributed by atoms with Gasteiger partial charge >= 0.3 is 0 Å². The number of rotatable bonds is 2. The molecule has 0 saturated heterocycles. The van der Waals surface area contributed by atoms with Crippen molar-refractivity contribution in [1.82, 2.24) is 0 Å². The quantitative estimate of drug-likeness (QED) is 0.820. The van der Waals surface area contributed by atoms with Gasteiger partial charge in [-0.2, -0.15) is 10.5 Å². The van der Waals surface area contributed by atoms with Crippen LogP contribution in [0.1, 0.15) is 11.1 Å². The number of nitrogens with zero attached hydrogens (tertiary/aromatic N) is 2. The Bertz CT molecular complexity index is 668. The van der Waals surface area contributed by atoms with E-state index in [1.54, 1.807) is 12.1 Å². The minimum absolute atomic E-state index is 0.384. The van der Waals surface area contributed by atoms with Crippen molar-refractivity contribution < 1.29 is 0 Å². The fourth-order valence-corrected chi connectivity index (χ4v) is 2.56. The van der Waals surface area contributed by atoms with Crippen molar-refractivity contribution in [2.45, 2.75) is 9.79 Å². The smallest absolute Gasteiger partial charge is 0.101 e. The number of benzene rings is 2. The van der Waals surface area contributed by atoms with E-state index in [2.05, 4.69) is 0 Å². The van der Waals surface area contributed by atoms with Crippen LogP contribution in [0.4, 0.5) is 0 Å². The SMILES string of the molecule is N#Cc1ccc(Sc2ccccc2Cl)cc1C#N. The van der Waals surface area contributed by atoms with Crippen LogP contribution in [0.3, 0.4) is 0 Å². The van der Waals surface area contributed by atoms with Gasteiger partial charge in [-0.1, -0.05) is 35.5 Å². The molecule has 0 heterocycles. The van der Waals surface area contributed by atoms with E-state index in [9.17, 15) is 0 Å². The number of hydrogen-bond donors (Lipinski definition) is 0. The number of hydrogen-bond acceptors (Lipinski definition) is 3. The Hall–Kier alpha value is -1.94. The van der Waals surface area contributed by atoms with E-state index in [-0.39, 0.29) is 0 Å². The van der Waals surface area contributed by atoms with Gasteiger partial charge < -0.3 is 0 Å². The van der Waals surface area contributed by atoms with E-state index < -0.39 is 0 Å². The standard InChI is InChI=1S/C14H7ClN2S/c15-13-3-1-2-4-14(13)18-12-6-5-10(8-16)11(7-12)9-17/h1-7H. The molecule has 86 valence electrons. The molecular formula is C14H7ClN2S. The average molecular weight is 271 g/mol. The molecule has 0 aliphatic rings. The lowest BCUT2D eigenvalue weighted by molar-refractivity contribution is 1.35. The highest BCUT2D eigenvalue weighted by molar-refractivity contribution is 7.99. The molecule has 2 aromatic rings. The fourth-order valence-electron chi connectivity index (χ4n) is 1.43. The molecule has 18 heavy (non-hydrogen) atoms. The highest BCUT2D eigenvalue weighted by atomic mass is 35.5. The third-order valence-corrected chi connectivity index (χ3v) is 3.80. The lowest BCUT2D eigenvalue weighted by Crippen LogP contribution is -1.84. The molecule has 0 spiro atoms. The number of halogens is 1. The molecule has 0 unspecified atom stereocenters. The summed E-state index contributed by atoms with van der Waals surface area (Å²) in [5.74, 6) is 0. The lowest BCUT2D eigenvalue weighted by Gasteiger charge is -2.04. The predicted octanol–water partition coefficient (Wildman–Crippen LogP) is 4.23. The highest BCUT2D eigenvalue weighted by Crippen LogP contribution is 2.33. The average Bonchev–Trinajstić information content (AvgIpc) is 2.41. The largest absolute Gasteiger partial charge is 0.192 e. The first-order chi connectivity index (χ1) is 8.74. The predicted molar refractivity (Wildman–Crippen MR) is 71.4 cm³/mol. The maximum Gasteiger partial charge on any atom is 0.101 e. The monoisotopic (exact) mass is 270 g/mol. The first-order valence-corrected chi connectivity index (χ1v) is 6.30. The van der Waals surface area contributed by atoms with Crippen molar-refractivity contribution in [3.63, 3.8) is 0 Å². The fraction of sp³-hybridized carbons (Fsp3) is 0. The van der Waals surface area contributed by atoms with Gasteiger partial charge in [-0.05, 0) is 30.3 Å². The summed E-state index contributed by atoms with van der Waals surface area (Å²) in [7, 11) is 0. The molecule has 0 aromatic heterocycles. The zero-order chi connectivity index (χ0) is 13.0. The van der Waals surface area contributed by atoms with Gasteiger partial charge in [0.1, 0.15) is 12.1 Å². The molecule has 0 amide bonds. The van der Waals surface area contributed by atoms with Gasteiger partial charge in [0.05, 0.1) is 16.1 Å². The summed E-state index contributed by atoms with van der Waals surface area (Å²) >= 11 is 7.54. The van der Waals surface area contributed by atoms with E-state index in [1.165, 1.54) is 11.8 Å². The third-order valence-electron chi connectivity index (χ3n) is 2.30. The molecule has 0 radical (unpaired) electrons. The van der Waals surface area contributed by atoms with Crippen molar-refractivity contribution >= 4 is 23.4 Å². The molecule has 0 fully saturated rings. The molecule has 2 nitrogen and oxygen atoms in total. The topological polar surface area (TPSA) is 47.6 Å². The maximum atomic E-state index is 8.96. The zero-order valence-electron chi connectivity index (χ0n) is 9.22. The van der Waals surface area contributed by atoms with Crippen molar-refractivity contribution in [2.24, 2.45) is 0 Å². The van der Waals surface area contributed by atoms with E-state index in [0.717, 1.165) is 9.79 Å². The second-order valence-corrected chi connectivity index (χ2v) is 4.99. The van der Waals surface area contributed by atoms with Crippen molar-refractivity contribution in [3.05, 3.63) is 58.6 Å². The minimum atomic E-state index is 0.384. The van der Waals surface area contributed by atoms with Crippen molar-refractivity contribution in [3.8, 4) is 12.1 Å². The van der Waals surface area contributed by atoms with Gasteiger partial charge in [0.15, 0.2) is 0 Å². The third kappa shape index (κ3) is 2.65. The first-order valence-electron chi connectivity index (χ1n) is 5.11. The lowest BCUT2D eigenvalue weighted by atomic mass is 10.1. The van der Waals surface area contributed by atoms with Crippen LogP contribution in [0.2, 0.25) is 5.02 Å². The second kappa shape index (κ2) is 5.60. The molecule has 2 rings (SSSR count). The summed E-state index contributed by atoms with van der Waals surface area (Å²) in [5.41, 5.74) is 0.774. The minimum Gasteiger partial charge on any atom is -0.192 e. The van der Waals surface area contributed by atoms with E-state index in [1.807, 2.05) is 42.5 Å². The molecule has 0 bridgehead atoms. The van der Waals surface area contributed by atoms with Gasteiger partial charge in [0, 0.05) is 9.79 Å². The summed E-state index contributed by atoms with van der Waals surface area (Å²) in [6.07, 6.45) is 0. The van der Waals surface area contributed by atoms with Gasteiger partial charge in [-0.15, -0.1) is 0 Å².